The van der Waals surface area contributed by atoms with Crippen molar-refractivity contribution in [2.24, 2.45) is 5.84 Å². The zero-order valence-electron chi connectivity index (χ0n) is 12.5. The fraction of sp³-hybridized carbons (Fsp3) is 0.429. The lowest BCUT2D eigenvalue weighted by molar-refractivity contribution is 0.626. The summed E-state index contributed by atoms with van der Waals surface area (Å²) in [4.78, 5) is 0. The van der Waals surface area contributed by atoms with E-state index in [2.05, 4.69) is 24.2 Å². The standard InChI is InChI=1S/C11H16N6.C3H8/c1-2-16-7-9(14-15-16)8-17(13)11-6-4-3-5-10(11)12;1-3-2/h3-7H,2,8,12-13H2,1H3;3H2,1-2H3. The van der Waals surface area contributed by atoms with Crippen LogP contribution in [0, 0.1) is 0 Å². The van der Waals surface area contributed by atoms with E-state index in [1.807, 2.05) is 37.4 Å². The summed E-state index contributed by atoms with van der Waals surface area (Å²) in [5, 5.41) is 9.56. The Morgan fingerprint density at radius 3 is 2.40 bits per heavy atom. The average molecular weight is 276 g/mol. The summed E-state index contributed by atoms with van der Waals surface area (Å²) in [6, 6.07) is 7.46. The number of anilines is 2. The Kier molecular flexibility index (Phi) is 6.52. The first-order valence-corrected chi connectivity index (χ1v) is 6.88. The summed E-state index contributed by atoms with van der Waals surface area (Å²) in [6.07, 6.45) is 3.12. The van der Waals surface area contributed by atoms with Gasteiger partial charge in [0.15, 0.2) is 0 Å². The van der Waals surface area contributed by atoms with Crippen molar-refractivity contribution in [1.29, 1.82) is 0 Å². The molecule has 0 spiro atoms. The van der Waals surface area contributed by atoms with Gasteiger partial charge in [0.1, 0.15) is 5.69 Å². The number of hydrazine groups is 1. The predicted octanol–water partition coefficient (Wildman–Crippen LogP) is 2.18. The Bertz CT molecular complexity index is 508. The lowest BCUT2D eigenvalue weighted by atomic mass is 10.2. The molecule has 6 heteroatoms. The number of rotatable bonds is 4. The number of nitrogens with zero attached hydrogens (tertiary/aromatic N) is 4. The fourth-order valence-electron chi connectivity index (χ4n) is 1.57. The van der Waals surface area contributed by atoms with Gasteiger partial charge in [-0.2, -0.15) is 0 Å². The summed E-state index contributed by atoms with van der Waals surface area (Å²) in [5.74, 6) is 5.95. The van der Waals surface area contributed by atoms with Crippen LogP contribution in [0.25, 0.3) is 0 Å². The van der Waals surface area contributed by atoms with Gasteiger partial charge in [0.2, 0.25) is 0 Å². The van der Waals surface area contributed by atoms with Crippen LogP contribution in [-0.4, -0.2) is 15.0 Å². The molecule has 2 aromatic rings. The van der Waals surface area contributed by atoms with Crippen molar-refractivity contribution >= 4 is 11.4 Å². The Labute approximate surface area is 120 Å². The van der Waals surface area contributed by atoms with Gasteiger partial charge in [-0.15, -0.1) is 5.10 Å². The molecule has 20 heavy (non-hydrogen) atoms. The van der Waals surface area contributed by atoms with E-state index in [4.69, 9.17) is 11.6 Å². The highest BCUT2D eigenvalue weighted by Gasteiger charge is 2.08. The van der Waals surface area contributed by atoms with Crippen LogP contribution in [0.3, 0.4) is 0 Å². The summed E-state index contributed by atoms with van der Waals surface area (Å²) >= 11 is 0. The molecule has 110 valence electrons. The van der Waals surface area contributed by atoms with Crippen LogP contribution in [0.4, 0.5) is 11.4 Å². The van der Waals surface area contributed by atoms with E-state index in [1.54, 1.807) is 9.69 Å². The quantitative estimate of drug-likeness (QED) is 0.508. The number of nitrogen functional groups attached to an aromatic ring is 1. The number of aromatic nitrogens is 3. The topological polar surface area (TPSA) is 86.0 Å². The molecule has 4 N–H and O–H groups in total. The molecule has 2 rings (SSSR count). The first-order chi connectivity index (χ1) is 9.62. The molecule has 0 bridgehead atoms. The Morgan fingerprint density at radius 2 is 1.85 bits per heavy atom. The molecule has 0 radical (unpaired) electrons. The Morgan fingerprint density at radius 1 is 1.20 bits per heavy atom. The molecule has 0 aliphatic carbocycles. The average Bonchev–Trinajstić information content (AvgIpc) is 2.87. The molecule has 6 nitrogen and oxygen atoms in total. The molecule has 1 aromatic carbocycles. The van der Waals surface area contributed by atoms with E-state index in [-0.39, 0.29) is 0 Å². The van der Waals surface area contributed by atoms with Crippen molar-refractivity contribution in [2.75, 3.05) is 10.7 Å². The smallest absolute Gasteiger partial charge is 0.104 e. The zero-order chi connectivity index (χ0) is 15.0. The molecular formula is C14H24N6. The molecular weight excluding hydrogens is 252 g/mol. The third-order valence-electron chi connectivity index (χ3n) is 2.49. The molecule has 1 aromatic heterocycles. The molecule has 0 unspecified atom stereocenters. The van der Waals surface area contributed by atoms with E-state index in [0.717, 1.165) is 17.9 Å². The highest BCUT2D eigenvalue weighted by Crippen LogP contribution is 2.20. The van der Waals surface area contributed by atoms with Gasteiger partial charge in [-0.25, -0.2) is 5.84 Å². The number of aryl methyl sites for hydroxylation is 1. The lowest BCUT2D eigenvalue weighted by Crippen LogP contribution is -2.30. The third-order valence-corrected chi connectivity index (χ3v) is 2.49. The Hall–Kier alpha value is -2.08. The van der Waals surface area contributed by atoms with Crippen LogP contribution in [-0.2, 0) is 13.1 Å². The van der Waals surface area contributed by atoms with Crippen LogP contribution in [0.2, 0.25) is 0 Å². The molecule has 0 atom stereocenters. The van der Waals surface area contributed by atoms with E-state index < -0.39 is 0 Å². The zero-order valence-corrected chi connectivity index (χ0v) is 12.5. The van der Waals surface area contributed by atoms with E-state index >= 15 is 0 Å². The monoisotopic (exact) mass is 276 g/mol. The number of hydrogen-bond donors (Lipinski definition) is 2. The largest absolute Gasteiger partial charge is 0.397 e. The van der Waals surface area contributed by atoms with Crippen LogP contribution in [0.5, 0.6) is 0 Å². The van der Waals surface area contributed by atoms with Gasteiger partial charge in [-0.3, -0.25) is 4.68 Å². The van der Waals surface area contributed by atoms with Crippen molar-refractivity contribution in [3.63, 3.8) is 0 Å². The van der Waals surface area contributed by atoms with Gasteiger partial charge < -0.3 is 10.7 Å². The molecule has 1 heterocycles. The second-order valence-corrected chi connectivity index (χ2v) is 4.46. The highest BCUT2D eigenvalue weighted by molar-refractivity contribution is 5.66. The fourth-order valence-corrected chi connectivity index (χ4v) is 1.57. The summed E-state index contributed by atoms with van der Waals surface area (Å²) in [5.41, 5.74) is 8.10. The van der Waals surface area contributed by atoms with Crippen molar-refractivity contribution < 1.29 is 0 Å². The number of benzene rings is 1. The molecule has 0 saturated heterocycles. The van der Waals surface area contributed by atoms with Gasteiger partial charge >= 0.3 is 0 Å². The van der Waals surface area contributed by atoms with Crippen LogP contribution >= 0.6 is 0 Å². The van der Waals surface area contributed by atoms with Crippen LogP contribution < -0.4 is 16.6 Å². The van der Waals surface area contributed by atoms with Crippen LogP contribution in [0.15, 0.2) is 30.5 Å². The van der Waals surface area contributed by atoms with E-state index in [9.17, 15) is 0 Å². The minimum absolute atomic E-state index is 0.480. The summed E-state index contributed by atoms with van der Waals surface area (Å²) in [6.45, 7) is 7.53. The molecule has 0 amide bonds. The summed E-state index contributed by atoms with van der Waals surface area (Å²) in [7, 11) is 0. The van der Waals surface area contributed by atoms with Crippen molar-refractivity contribution in [1.82, 2.24) is 15.0 Å². The van der Waals surface area contributed by atoms with Crippen molar-refractivity contribution in [3.8, 4) is 0 Å². The molecule has 0 fully saturated rings. The Balaban J connectivity index is 0.000000612. The maximum atomic E-state index is 5.95. The first kappa shape index (κ1) is 16.0. The third kappa shape index (κ3) is 4.55. The normalized spacial score (nSPS) is 9.80. The number of para-hydroxylation sites is 2. The van der Waals surface area contributed by atoms with Gasteiger partial charge in [0.25, 0.3) is 0 Å². The van der Waals surface area contributed by atoms with Gasteiger partial charge in [-0.05, 0) is 19.1 Å². The summed E-state index contributed by atoms with van der Waals surface area (Å²) < 4.78 is 1.76. The number of hydrogen-bond acceptors (Lipinski definition) is 5. The van der Waals surface area contributed by atoms with Crippen molar-refractivity contribution in [2.45, 2.75) is 40.3 Å². The van der Waals surface area contributed by atoms with Gasteiger partial charge in [-0.1, -0.05) is 37.6 Å². The minimum atomic E-state index is 0.480. The maximum absolute atomic E-state index is 5.95. The predicted molar refractivity (Wildman–Crippen MR) is 82.9 cm³/mol. The van der Waals surface area contributed by atoms with Gasteiger partial charge in [0, 0.05) is 6.54 Å². The minimum Gasteiger partial charge on any atom is -0.397 e. The molecule has 0 aliphatic rings. The van der Waals surface area contributed by atoms with Crippen molar-refractivity contribution in [3.05, 3.63) is 36.2 Å². The second-order valence-electron chi connectivity index (χ2n) is 4.46. The first-order valence-electron chi connectivity index (χ1n) is 6.88. The lowest BCUT2D eigenvalue weighted by Gasteiger charge is -2.18. The second kappa shape index (κ2) is 8.16. The molecule has 0 saturated carbocycles. The highest BCUT2D eigenvalue weighted by atomic mass is 15.4. The van der Waals surface area contributed by atoms with E-state index in [1.165, 1.54) is 6.42 Å². The maximum Gasteiger partial charge on any atom is 0.104 e. The SMILES string of the molecule is CCC.CCn1cc(CN(N)c2ccccc2N)nn1. The van der Waals surface area contributed by atoms with E-state index in [0.29, 0.717) is 12.2 Å². The number of nitrogens with two attached hydrogens (primary N) is 2. The molecule has 0 aliphatic heterocycles. The van der Waals surface area contributed by atoms with Gasteiger partial charge in [0.05, 0.1) is 24.1 Å². The van der Waals surface area contributed by atoms with Crippen LogP contribution in [0.1, 0.15) is 32.9 Å².